The van der Waals surface area contributed by atoms with Crippen molar-refractivity contribution in [3.63, 3.8) is 0 Å². The number of hydrogen-bond acceptors (Lipinski definition) is 3. The van der Waals surface area contributed by atoms with E-state index in [1.54, 1.807) is 17.0 Å². The maximum absolute atomic E-state index is 13.3. The van der Waals surface area contributed by atoms with Crippen LogP contribution in [0.4, 0.5) is 16.3 Å². The number of para-hydroxylation sites is 1. The standard InChI is InChI=1S/C22H30ClN5O2S/c1-21(2)17-14(13-28(21)20(30)24-16-10-7-6-9-15(16)23)18(27-26-17)25-19(29)22(11-8-12-22)31(3,4)5/h6-7,9-10H,8,11-13H2,1-5H3,(H,24,30)(H2,25,26,27,29). The molecule has 2 heterocycles. The number of carbonyl (C=O) groups is 2. The van der Waals surface area contributed by atoms with Gasteiger partial charge in [-0.3, -0.25) is 9.89 Å². The van der Waals surface area contributed by atoms with Gasteiger partial charge in [-0.2, -0.15) is 5.10 Å². The second kappa shape index (κ2) is 7.45. The van der Waals surface area contributed by atoms with Gasteiger partial charge in [-0.1, -0.05) is 23.7 Å². The van der Waals surface area contributed by atoms with Crippen LogP contribution < -0.4 is 10.6 Å². The molecule has 9 heteroatoms. The first kappa shape index (κ1) is 22.0. The normalized spacial score (nSPS) is 19.4. The topological polar surface area (TPSA) is 90.1 Å². The molecule has 1 aromatic carbocycles. The first-order valence-corrected chi connectivity index (χ1v) is 13.6. The molecule has 0 saturated heterocycles. The molecule has 0 atom stereocenters. The number of hydrogen-bond donors (Lipinski definition) is 3. The highest BCUT2D eigenvalue weighted by molar-refractivity contribution is 8.33. The molecule has 168 valence electrons. The maximum atomic E-state index is 13.3. The fraction of sp³-hybridized carbons (Fsp3) is 0.500. The summed E-state index contributed by atoms with van der Waals surface area (Å²) in [5.41, 5.74) is 1.64. The number of anilines is 2. The molecule has 4 rings (SSSR count). The number of nitrogens with one attached hydrogen (secondary N) is 3. The third-order valence-corrected chi connectivity index (χ3v) is 10.1. The van der Waals surface area contributed by atoms with Crippen molar-refractivity contribution in [1.29, 1.82) is 0 Å². The minimum Gasteiger partial charge on any atom is -0.309 e. The lowest BCUT2D eigenvalue weighted by molar-refractivity contribution is -0.120. The lowest BCUT2D eigenvalue weighted by atomic mass is 9.83. The monoisotopic (exact) mass is 463 g/mol. The molecule has 0 radical (unpaired) electrons. The average Bonchev–Trinajstić information content (AvgIpc) is 3.13. The van der Waals surface area contributed by atoms with E-state index in [0.717, 1.165) is 30.5 Å². The van der Waals surface area contributed by atoms with Crippen LogP contribution in [0.5, 0.6) is 0 Å². The number of amides is 3. The molecular weight excluding hydrogens is 434 g/mol. The number of urea groups is 1. The van der Waals surface area contributed by atoms with Crippen LogP contribution in [0.15, 0.2) is 24.3 Å². The molecule has 0 unspecified atom stereocenters. The molecular formula is C22H30ClN5O2S. The minimum atomic E-state index is -1.07. The molecule has 3 N–H and O–H groups in total. The number of fused-ring (bicyclic) bond motifs is 1. The summed E-state index contributed by atoms with van der Waals surface area (Å²) >= 11 is 6.20. The summed E-state index contributed by atoms with van der Waals surface area (Å²) < 4.78 is -0.298. The van der Waals surface area contributed by atoms with Crippen LogP contribution in [0.25, 0.3) is 0 Å². The van der Waals surface area contributed by atoms with Crippen molar-refractivity contribution in [2.45, 2.75) is 49.9 Å². The number of benzene rings is 1. The summed E-state index contributed by atoms with van der Waals surface area (Å²) in [4.78, 5) is 28.1. The van der Waals surface area contributed by atoms with E-state index in [4.69, 9.17) is 11.6 Å². The van der Waals surface area contributed by atoms with Crippen molar-refractivity contribution in [2.24, 2.45) is 0 Å². The zero-order valence-corrected chi connectivity index (χ0v) is 20.2. The molecule has 0 bridgehead atoms. The zero-order valence-electron chi connectivity index (χ0n) is 18.6. The Morgan fingerprint density at radius 2 is 1.84 bits per heavy atom. The van der Waals surface area contributed by atoms with Gasteiger partial charge in [0, 0.05) is 5.56 Å². The molecule has 3 amide bonds. The van der Waals surface area contributed by atoms with E-state index in [9.17, 15) is 9.59 Å². The molecule has 1 fully saturated rings. The Morgan fingerprint density at radius 1 is 1.16 bits per heavy atom. The van der Waals surface area contributed by atoms with Crippen LogP contribution in [-0.2, 0) is 16.9 Å². The fourth-order valence-electron chi connectivity index (χ4n) is 4.53. The predicted octanol–water partition coefficient (Wildman–Crippen LogP) is 4.90. The van der Waals surface area contributed by atoms with Crippen molar-refractivity contribution in [2.75, 3.05) is 29.4 Å². The van der Waals surface area contributed by atoms with E-state index >= 15 is 0 Å². The van der Waals surface area contributed by atoms with Gasteiger partial charge in [-0.25, -0.2) is 14.8 Å². The van der Waals surface area contributed by atoms with Crippen molar-refractivity contribution >= 4 is 45.1 Å². The number of aromatic amines is 1. The number of carbonyl (C=O) groups excluding carboxylic acids is 2. The number of aromatic nitrogens is 2. The van der Waals surface area contributed by atoms with E-state index in [1.165, 1.54) is 0 Å². The fourth-order valence-corrected chi connectivity index (χ4v) is 6.83. The molecule has 31 heavy (non-hydrogen) atoms. The molecule has 7 nitrogen and oxygen atoms in total. The van der Waals surface area contributed by atoms with Crippen LogP contribution >= 0.6 is 21.6 Å². The van der Waals surface area contributed by atoms with Crippen molar-refractivity contribution in [3.05, 3.63) is 40.5 Å². The number of H-pyrrole nitrogens is 1. The molecule has 1 aliphatic carbocycles. The Morgan fingerprint density at radius 3 is 2.42 bits per heavy atom. The van der Waals surface area contributed by atoms with Crippen LogP contribution in [0, 0.1) is 0 Å². The van der Waals surface area contributed by atoms with E-state index in [-0.39, 0.29) is 16.7 Å². The van der Waals surface area contributed by atoms with Gasteiger partial charge in [0.15, 0.2) is 5.82 Å². The largest absolute Gasteiger partial charge is 0.322 e. The van der Waals surface area contributed by atoms with Crippen LogP contribution in [-0.4, -0.2) is 50.5 Å². The highest BCUT2D eigenvalue weighted by Gasteiger charge is 2.51. The van der Waals surface area contributed by atoms with Crippen LogP contribution in [0.2, 0.25) is 5.02 Å². The third kappa shape index (κ3) is 3.49. The van der Waals surface area contributed by atoms with Crippen molar-refractivity contribution < 1.29 is 9.59 Å². The molecule has 1 aliphatic heterocycles. The molecule has 2 aromatic rings. The van der Waals surface area contributed by atoms with Gasteiger partial charge in [-0.05, 0) is 64.0 Å². The van der Waals surface area contributed by atoms with E-state index in [1.807, 2.05) is 26.0 Å². The van der Waals surface area contributed by atoms with Gasteiger partial charge in [0.1, 0.15) is 0 Å². The predicted molar refractivity (Wildman–Crippen MR) is 128 cm³/mol. The Hall–Kier alpha value is -2.19. The van der Waals surface area contributed by atoms with Gasteiger partial charge in [0.2, 0.25) is 5.91 Å². The quantitative estimate of drug-likeness (QED) is 0.602. The zero-order chi connectivity index (χ0) is 22.6. The average molecular weight is 464 g/mol. The molecule has 1 saturated carbocycles. The maximum Gasteiger partial charge on any atom is 0.322 e. The number of halogens is 1. The Bertz CT molecular complexity index is 1040. The van der Waals surface area contributed by atoms with Crippen LogP contribution in [0.3, 0.4) is 0 Å². The van der Waals surface area contributed by atoms with E-state index in [2.05, 4.69) is 39.6 Å². The van der Waals surface area contributed by atoms with E-state index in [0.29, 0.717) is 23.1 Å². The second-order valence-corrected chi connectivity index (χ2v) is 14.5. The lowest BCUT2D eigenvalue weighted by Gasteiger charge is -2.53. The number of nitrogens with zero attached hydrogens (tertiary/aromatic N) is 2. The first-order valence-electron chi connectivity index (χ1n) is 10.4. The molecule has 0 spiro atoms. The second-order valence-electron chi connectivity index (χ2n) is 9.62. The molecule has 1 aromatic heterocycles. The Balaban J connectivity index is 1.55. The SMILES string of the molecule is CC1(C)c2[nH]nc(NC(=O)C3(S(C)(C)C)CCC3)c2CN1C(=O)Nc1ccccc1Cl. The number of rotatable bonds is 4. The van der Waals surface area contributed by atoms with Crippen molar-refractivity contribution in [1.82, 2.24) is 15.1 Å². The highest BCUT2D eigenvalue weighted by atomic mass is 35.5. The van der Waals surface area contributed by atoms with Gasteiger partial charge in [0.25, 0.3) is 0 Å². The smallest absolute Gasteiger partial charge is 0.309 e. The Labute approximate surface area is 189 Å². The first-order chi connectivity index (χ1) is 14.5. The van der Waals surface area contributed by atoms with Crippen molar-refractivity contribution in [3.8, 4) is 0 Å². The summed E-state index contributed by atoms with van der Waals surface area (Å²) in [5.74, 6) is 0.573. The van der Waals surface area contributed by atoms with Crippen LogP contribution in [0.1, 0.15) is 44.4 Å². The molecule has 2 aliphatic rings. The van der Waals surface area contributed by atoms with Gasteiger partial charge in [-0.15, -0.1) is 0 Å². The van der Waals surface area contributed by atoms with E-state index < -0.39 is 15.6 Å². The van der Waals surface area contributed by atoms with Gasteiger partial charge < -0.3 is 15.5 Å². The summed E-state index contributed by atoms with van der Waals surface area (Å²) in [6.45, 7) is 4.27. The minimum absolute atomic E-state index is 0.0484. The van der Waals surface area contributed by atoms with Gasteiger partial charge in [0.05, 0.1) is 33.2 Å². The lowest BCUT2D eigenvalue weighted by Crippen LogP contribution is -2.51. The third-order valence-electron chi connectivity index (χ3n) is 6.81. The highest BCUT2D eigenvalue weighted by Crippen LogP contribution is 2.60. The summed E-state index contributed by atoms with van der Waals surface area (Å²) in [6.07, 6.45) is 9.52. The summed E-state index contributed by atoms with van der Waals surface area (Å²) in [6, 6.07) is 6.89. The van der Waals surface area contributed by atoms with Gasteiger partial charge >= 0.3 is 6.03 Å². The summed E-state index contributed by atoms with van der Waals surface area (Å²) in [7, 11) is -1.07. The Kier molecular flexibility index (Phi) is 5.29. The summed E-state index contributed by atoms with van der Waals surface area (Å²) in [5, 5.41) is 13.9.